The Hall–Kier alpha value is -3.63. The molecule has 1 amide bonds. The van der Waals surface area contributed by atoms with Crippen molar-refractivity contribution in [1.29, 1.82) is 0 Å². The van der Waals surface area contributed by atoms with Gasteiger partial charge in [-0.15, -0.1) is 5.10 Å². The lowest BCUT2D eigenvalue weighted by Crippen LogP contribution is -2.28. The standard InChI is InChI=1S/C23H20ClN5O4S/c1-2-33-22(31)16-5-9-18(10-6-16)26-19(30)13-29-23(32)28-12-11-25-21(20(28)27-29)34-14-15-3-7-17(24)8-4-15/h3-12H,2,13-14H2,1H3,(H,26,30). The number of amides is 1. The van der Waals surface area contributed by atoms with E-state index in [-0.39, 0.29) is 13.2 Å². The highest BCUT2D eigenvalue weighted by atomic mass is 35.5. The van der Waals surface area contributed by atoms with Crippen molar-refractivity contribution in [2.75, 3.05) is 11.9 Å². The molecule has 0 atom stereocenters. The molecule has 0 aliphatic heterocycles. The molecule has 0 aliphatic rings. The van der Waals surface area contributed by atoms with Crippen LogP contribution in [0.1, 0.15) is 22.8 Å². The van der Waals surface area contributed by atoms with Crippen molar-refractivity contribution in [3.05, 3.63) is 87.6 Å². The molecule has 0 saturated heterocycles. The number of nitrogens with zero attached hydrogens (tertiary/aromatic N) is 4. The second kappa shape index (κ2) is 10.5. The van der Waals surface area contributed by atoms with E-state index in [0.717, 1.165) is 10.2 Å². The van der Waals surface area contributed by atoms with Crippen LogP contribution < -0.4 is 11.0 Å². The first-order valence-electron chi connectivity index (χ1n) is 10.3. The van der Waals surface area contributed by atoms with Crippen LogP contribution in [-0.2, 0) is 21.8 Å². The number of aromatic nitrogens is 4. The van der Waals surface area contributed by atoms with E-state index < -0.39 is 17.6 Å². The SMILES string of the molecule is CCOC(=O)c1ccc(NC(=O)Cn2nc3c(SCc4ccc(Cl)cc4)nccn3c2=O)cc1. The number of ether oxygens (including phenoxy) is 1. The highest BCUT2D eigenvalue weighted by Gasteiger charge is 2.15. The summed E-state index contributed by atoms with van der Waals surface area (Å²) < 4.78 is 7.39. The van der Waals surface area contributed by atoms with Gasteiger partial charge in [-0.3, -0.25) is 4.79 Å². The highest BCUT2D eigenvalue weighted by Crippen LogP contribution is 2.24. The number of hydrogen-bond acceptors (Lipinski definition) is 7. The van der Waals surface area contributed by atoms with Crippen molar-refractivity contribution in [3.63, 3.8) is 0 Å². The van der Waals surface area contributed by atoms with Gasteiger partial charge in [0, 0.05) is 28.9 Å². The molecule has 1 N–H and O–H groups in total. The summed E-state index contributed by atoms with van der Waals surface area (Å²) >= 11 is 7.36. The van der Waals surface area contributed by atoms with E-state index in [2.05, 4.69) is 15.4 Å². The highest BCUT2D eigenvalue weighted by molar-refractivity contribution is 7.98. The van der Waals surface area contributed by atoms with Crippen LogP contribution in [0.2, 0.25) is 5.02 Å². The summed E-state index contributed by atoms with van der Waals surface area (Å²) in [4.78, 5) is 41.3. The lowest BCUT2D eigenvalue weighted by molar-refractivity contribution is -0.117. The molecule has 4 rings (SSSR count). The Bertz CT molecular complexity index is 1380. The van der Waals surface area contributed by atoms with Gasteiger partial charge in [0.1, 0.15) is 11.6 Å². The minimum Gasteiger partial charge on any atom is -0.462 e. The zero-order valence-corrected chi connectivity index (χ0v) is 19.7. The summed E-state index contributed by atoms with van der Waals surface area (Å²) in [6.45, 7) is 1.73. The number of fused-ring (bicyclic) bond motifs is 1. The summed E-state index contributed by atoms with van der Waals surface area (Å²) in [5.41, 5.74) is 1.84. The van der Waals surface area contributed by atoms with Crippen LogP contribution in [0.5, 0.6) is 0 Å². The molecular formula is C23H20ClN5O4S. The number of rotatable bonds is 8. The fourth-order valence-corrected chi connectivity index (χ4v) is 4.13. The molecular weight excluding hydrogens is 478 g/mol. The van der Waals surface area contributed by atoms with Gasteiger partial charge in [-0.1, -0.05) is 35.5 Å². The first-order valence-corrected chi connectivity index (χ1v) is 11.7. The number of halogens is 1. The number of thioether (sulfide) groups is 1. The van der Waals surface area contributed by atoms with Crippen LogP contribution in [0.4, 0.5) is 5.69 Å². The predicted octanol–water partition coefficient (Wildman–Crippen LogP) is 3.65. The quantitative estimate of drug-likeness (QED) is 0.292. The van der Waals surface area contributed by atoms with E-state index in [4.69, 9.17) is 16.3 Å². The minimum atomic E-state index is -0.446. The van der Waals surface area contributed by atoms with E-state index in [1.54, 1.807) is 31.2 Å². The van der Waals surface area contributed by atoms with Crippen molar-refractivity contribution < 1.29 is 14.3 Å². The Labute approximate surface area is 203 Å². The molecule has 2 aromatic heterocycles. The third-order valence-electron chi connectivity index (χ3n) is 4.73. The summed E-state index contributed by atoms with van der Waals surface area (Å²) in [6.07, 6.45) is 3.04. The van der Waals surface area contributed by atoms with Crippen molar-refractivity contribution in [3.8, 4) is 0 Å². The number of carbonyl (C=O) groups is 2. The molecule has 34 heavy (non-hydrogen) atoms. The number of benzene rings is 2. The van der Waals surface area contributed by atoms with Gasteiger partial charge in [0.15, 0.2) is 5.65 Å². The number of hydrogen-bond donors (Lipinski definition) is 1. The summed E-state index contributed by atoms with van der Waals surface area (Å²) in [5.74, 6) is -0.250. The van der Waals surface area contributed by atoms with Crippen molar-refractivity contribution in [1.82, 2.24) is 19.2 Å². The van der Waals surface area contributed by atoms with Gasteiger partial charge in [0.05, 0.1) is 12.2 Å². The first-order chi connectivity index (χ1) is 16.4. The maximum Gasteiger partial charge on any atom is 0.350 e. The number of nitrogens with one attached hydrogen (secondary N) is 1. The molecule has 9 nitrogen and oxygen atoms in total. The Morgan fingerprint density at radius 3 is 2.56 bits per heavy atom. The van der Waals surface area contributed by atoms with E-state index in [9.17, 15) is 14.4 Å². The molecule has 0 spiro atoms. The fraction of sp³-hybridized carbons (Fsp3) is 0.174. The summed E-state index contributed by atoms with van der Waals surface area (Å²) in [7, 11) is 0. The third kappa shape index (κ3) is 5.46. The molecule has 0 aliphatic carbocycles. The van der Waals surface area contributed by atoms with Crippen LogP contribution in [0.3, 0.4) is 0 Å². The van der Waals surface area contributed by atoms with Crippen LogP contribution >= 0.6 is 23.4 Å². The Morgan fingerprint density at radius 1 is 1.12 bits per heavy atom. The third-order valence-corrected chi connectivity index (χ3v) is 6.02. The van der Waals surface area contributed by atoms with Crippen LogP contribution in [0.25, 0.3) is 5.65 Å². The Kier molecular flexibility index (Phi) is 7.29. The maximum atomic E-state index is 12.7. The van der Waals surface area contributed by atoms with Gasteiger partial charge >= 0.3 is 11.7 Å². The van der Waals surface area contributed by atoms with Crippen molar-refractivity contribution in [2.24, 2.45) is 0 Å². The number of carbonyl (C=O) groups excluding carboxylic acids is 2. The van der Waals surface area contributed by atoms with Gasteiger partial charge in [-0.25, -0.2) is 23.7 Å². The average molecular weight is 498 g/mol. The minimum absolute atomic E-state index is 0.276. The van der Waals surface area contributed by atoms with Crippen LogP contribution in [0, 0.1) is 0 Å². The molecule has 2 heterocycles. The van der Waals surface area contributed by atoms with Crippen molar-refractivity contribution >= 4 is 46.6 Å². The first kappa shape index (κ1) is 23.5. The van der Waals surface area contributed by atoms with E-state index in [1.807, 2.05) is 24.3 Å². The molecule has 0 fully saturated rings. The normalized spacial score (nSPS) is 10.9. The lowest BCUT2D eigenvalue weighted by Gasteiger charge is -2.06. The second-order valence-electron chi connectivity index (χ2n) is 7.13. The zero-order valence-electron chi connectivity index (χ0n) is 18.1. The monoisotopic (exact) mass is 497 g/mol. The molecule has 11 heteroatoms. The fourth-order valence-electron chi connectivity index (χ4n) is 3.10. The van der Waals surface area contributed by atoms with Crippen LogP contribution in [0.15, 0.2) is 70.7 Å². The average Bonchev–Trinajstić information content (AvgIpc) is 3.15. The second-order valence-corrected chi connectivity index (χ2v) is 8.53. The zero-order chi connectivity index (χ0) is 24.1. The molecule has 4 aromatic rings. The van der Waals surface area contributed by atoms with Crippen molar-refractivity contribution in [2.45, 2.75) is 24.2 Å². The molecule has 0 bridgehead atoms. The summed E-state index contributed by atoms with van der Waals surface area (Å²) in [5, 5.41) is 8.25. The Morgan fingerprint density at radius 2 is 1.85 bits per heavy atom. The van der Waals surface area contributed by atoms with Gasteiger partial charge in [-0.2, -0.15) is 0 Å². The van der Waals surface area contributed by atoms with E-state index in [0.29, 0.717) is 32.7 Å². The van der Waals surface area contributed by atoms with Gasteiger partial charge < -0.3 is 10.1 Å². The largest absolute Gasteiger partial charge is 0.462 e. The molecule has 2 aromatic carbocycles. The molecule has 0 radical (unpaired) electrons. The summed E-state index contributed by atoms with van der Waals surface area (Å²) in [6, 6.07) is 13.8. The number of esters is 1. The van der Waals surface area contributed by atoms with Crippen LogP contribution in [-0.4, -0.2) is 37.6 Å². The smallest absolute Gasteiger partial charge is 0.350 e. The van der Waals surface area contributed by atoms with Gasteiger partial charge in [0.25, 0.3) is 0 Å². The van der Waals surface area contributed by atoms with E-state index >= 15 is 0 Å². The van der Waals surface area contributed by atoms with Gasteiger partial charge in [-0.05, 0) is 48.9 Å². The predicted molar refractivity (Wildman–Crippen MR) is 129 cm³/mol. The maximum absolute atomic E-state index is 12.7. The molecule has 0 unspecified atom stereocenters. The Balaban J connectivity index is 1.45. The molecule has 174 valence electrons. The topological polar surface area (TPSA) is 108 Å². The van der Waals surface area contributed by atoms with E-state index in [1.165, 1.54) is 28.6 Å². The number of anilines is 1. The molecule has 0 saturated carbocycles. The lowest BCUT2D eigenvalue weighted by atomic mass is 10.2. The van der Waals surface area contributed by atoms with Gasteiger partial charge in [0.2, 0.25) is 5.91 Å².